The van der Waals surface area contributed by atoms with Crippen molar-refractivity contribution < 1.29 is 22.8 Å². The van der Waals surface area contributed by atoms with Crippen LogP contribution in [0, 0.1) is 6.92 Å². The van der Waals surface area contributed by atoms with Crippen molar-refractivity contribution in [3.05, 3.63) is 11.6 Å². The molecule has 1 fully saturated rings. The molecule has 0 radical (unpaired) electrons. The second kappa shape index (κ2) is 5.72. The highest BCUT2D eigenvalue weighted by Crippen LogP contribution is 2.22. The average Bonchev–Trinajstić information content (AvgIpc) is 3.00. The maximum Gasteiger partial charge on any atom is 0.406 e. The first-order valence-corrected chi connectivity index (χ1v) is 7.38. The number of alkyl halides is 3. The van der Waals surface area contributed by atoms with Crippen molar-refractivity contribution in [3.8, 4) is 0 Å². The Balaban J connectivity index is 1.71. The molecule has 0 N–H and O–H groups in total. The Morgan fingerprint density at radius 1 is 1.29 bits per heavy atom. The van der Waals surface area contributed by atoms with Crippen molar-refractivity contribution in [2.24, 2.45) is 0 Å². The van der Waals surface area contributed by atoms with Gasteiger partial charge in [0.15, 0.2) is 0 Å². The number of fused-ring (bicyclic) bond motifs is 1. The number of hydrogen-bond acceptors (Lipinski definition) is 5. The van der Waals surface area contributed by atoms with Crippen LogP contribution in [0.5, 0.6) is 0 Å². The number of aryl methyl sites for hydroxylation is 1. The van der Waals surface area contributed by atoms with E-state index < -0.39 is 24.7 Å². The van der Waals surface area contributed by atoms with Crippen molar-refractivity contribution in [2.75, 3.05) is 26.8 Å². The van der Waals surface area contributed by atoms with Crippen LogP contribution in [0.3, 0.4) is 0 Å². The average molecular weight is 346 g/mol. The number of aromatic nitrogens is 3. The van der Waals surface area contributed by atoms with Gasteiger partial charge >= 0.3 is 6.18 Å². The van der Waals surface area contributed by atoms with Gasteiger partial charge < -0.3 is 14.4 Å². The van der Waals surface area contributed by atoms with Crippen LogP contribution in [0.4, 0.5) is 13.2 Å². The molecule has 1 aromatic heterocycles. The zero-order chi connectivity index (χ0) is 17.6. The van der Waals surface area contributed by atoms with Gasteiger partial charge in [0.05, 0.1) is 19.8 Å². The molecule has 0 saturated carbocycles. The quantitative estimate of drug-likeness (QED) is 0.728. The van der Waals surface area contributed by atoms with E-state index in [1.807, 2.05) is 4.57 Å². The number of halogens is 3. The van der Waals surface area contributed by atoms with Crippen LogP contribution in [0.15, 0.2) is 0 Å². The molecule has 1 atom stereocenters. The summed E-state index contributed by atoms with van der Waals surface area (Å²) in [6.45, 7) is 0.486. The fraction of sp³-hybridized carbons (Fsp3) is 0.692. The number of rotatable bonds is 2. The molecule has 2 aliphatic rings. The van der Waals surface area contributed by atoms with Gasteiger partial charge in [-0.05, 0) is 14.0 Å². The van der Waals surface area contributed by atoms with E-state index in [2.05, 4.69) is 10.2 Å². The van der Waals surface area contributed by atoms with Crippen LogP contribution in [-0.4, -0.2) is 80.3 Å². The maximum absolute atomic E-state index is 12.7. The Labute approximate surface area is 135 Å². The Bertz CT molecular complexity index is 673. The molecule has 11 heteroatoms. The smallest absolute Gasteiger partial charge is 0.314 e. The Morgan fingerprint density at radius 2 is 2.00 bits per heavy atom. The zero-order valence-electron chi connectivity index (χ0n) is 13.2. The summed E-state index contributed by atoms with van der Waals surface area (Å²) in [5.74, 6) is 0.344. The second-order valence-electron chi connectivity index (χ2n) is 6.09. The van der Waals surface area contributed by atoms with Crippen LogP contribution < -0.4 is 0 Å². The summed E-state index contributed by atoms with van der Waals surface area (Å²) in [4.78, 5) is 28.0. The first kappa shape index (κ1) is 16.7. The number of carbonyl (C=O) groups is 2. The fourth-order valence-corrected chi connectivity index (χ4v) is 3.00. The van der Waals surface area contributed by atoms with E-state index in [9.17, 15) is 22.8 Å². The van der Waals surface area contributed by atoms with E-state index in [0.29, 0.717) is 23.8 Å². The molecule has 0 bridgehead atoms. The van der Waals surface area contributed by atoms with E-state index in [1.165, 1.54) is 4.90 Å². The molecule has 132 valence electrons. The maximum atomic E-state index is 12.7. The summed E-state index contributed by atoms with van der Waals surface area (Å²) in [6.07, 6.45) is -4.48. The van der Waals surface area contributed by atoms with Gasteiger partial charge in [0, 0.05) is 0 Å². The van der Waals surface area contributed by atoms with E-state index in [4.69, 9.17) is 0 Å². The van der Waals surface area contributed by atoms with Gasteiger partial charge in [0.1, 0.15) is 30.8 Å². The van der Waals surface area contributed by atoms with E-state index in [-0.39, 0.29) is 19.1 Å². The summed E-state index contributed by atoms with van der Waals surface area (Å²) >= 11 is 0. The molecule has 1 unspecified atom stereocenters. The summed E-state index contributed by atoms with van der Waals surface area (Å²) in [6, 6.07) is -0.564. The molecule has 8 nitrogen and oxygen atoms in total. The lowest BCUT2D eigenvalue weighted by atomic mass is 10.1. The molecule has 0 spiro atoms. The van der Waals surface area contributed by atoms with Gasteiger partial charge in [-0.25, -0.2) is 0 Å². The lowest BCUT2D eigenvalue weighted by Gasteiger charge is -2.34. The Hall–Kier alpha value is -2.17. The third kappa shape index (κ3) is 3.07. The molecule has 0 aliphatic carbocycles. The van der Waals surface area contributed by atoms with Crippen molar-refractivity contribution in [1.29, 1.82) is 0 Å². The monoisotopic (exact) mass is 346 g/mol. The predicted octanol–water partition coefficient (Wildman–Crippen LogP) is -0.409. The minimum Gasteiger partial charge on any atom is -0.314 e. The highest BCUT2D eigenvalue weighted by Gasteiger charge is 2.42. The molecule has 0 aromatic carbocycles. The highest BCUT2D eigenvalue weighted by atomic mass is 19.4. The zero-order valence-corrected chi connectivity index (χ0v) is 13.2. The first-order chi connectivity index (χ1) is 11.2. The standard InChI is InChI=1S/C13H17F3N6O2/c1-8-17-18-10-4-19(2)9(3-22(8)10)12(24)20-5-11(23)21(7-20)6-13(14,15)16/h9H,3-7H2,1-2H3. The number of amides is 2. The van der Waals surface area contributed by atoms with Crippen LogP contribution in [0.1, 0.15) is 11.6 Å². The van der Waals surface area contributed by atoms with Gasteiger partial charge in [0.2, 0.25) is 11.8 Å². The molecule has 2 aliphatic heterocycles. The van der Waals surface area contributed by atoms with Crippen molar-refractivity contribution in [1.82, 2.24) is 29.5 Å². The summed E-state index contributed by atoms with van der Waals surface area (Å²) in [5.41, 5.74) is 0. The third-order valence-corrected chi connectivity index (χ3v) is 4.28. The minimum atomic E-state index is -4.48. The van der Waals surface area contributed by atoms with Crippen LogP contribution in [-0.2, 0) is 22.7 Å². The lowest BCUT2D eigenvalue weighted by Crippen LogP contribution is -2.51. The molecule has 2 amide bonds. The summed E-state index contributed by atoms with van der Waals surface area (Å²) < 4.78 is 39.2. The number of carbonyl (C=O) groups excluding carboxylic acids is 2. The summed E-state index contributed by atoms with van der Waals surface area (Å²) in [7, 11) is 1.74. The topological polar surface area (TPSA) is 74.6 Å². The van der Waals surface area contributed by atoms with Crippen molar-refractivity contribution in [2.45, 2.75) is 32.2 Å². The van der Waals surface area contributed by atoms with Crippen LogP contribution in [0.25, 0.3) is 0 Å². The highest BCUT2D eigenvalue weighted by molar-refractivity contribution is 5.90. The van der Waals surface area contributed by atoms with Crippen molar-refractivity contribution >= 4 is 11.8 Å². The summed E-state index contributed by atoms with van der Waals surface area (Å²) in [5, 5.41) is 7.98. The molecule has 24 heavy (non-hydrogen) atoms. The second-order valence-corrected chi connectivity index (χ2v) is 6.09. The van der Waals surface area contributed by atoms with Gasteiger partial charge in [0.25, 0.3) is 0 Å². The Morgan fingerprint density at radius 3 is 2.67 bits per heavy atom. The number of nitrogens with zero attached hydrogens (tertiary/aromatic N) is 6. The Kier molecular flexibility index (Phi) is 3.98. The van der Waals surface area contributed by atoms with E-state index in [1.54, 1.807) is 18.9 Å². The largest absolute Gasteiger partial charge is 0.406 e. The van der Waals surface area contributed by atoms with Gasteiger partial charge in [-0.1, -0.05) is 0 Å². The van der Waals surface area contributed by atoms with Crippen LogP contribution in [0.2, 0.25) is 0 Å². The molecule has 3 heterocycles. The van der Waals surface area contributed by atoms with Crippen molar-refractivity contribution in [3.63, 3.8) is 0 Å². The molecular weight excluding hydrogens is 329 g/mol. The molecule has 3 rings (SSSR count). The molecule has 1 saturated heterocycles. The first-order valence-electron chi connectivity index (χ1n) is 7.38. The SMILES string of the molecule is Cc1nnc2n1CC(C(=O)N1CC(=O)N(CC(F)(F)F)C1)N(C)C2. The number of hydrogen-bond donors (Lipinski definition) is 0. The van der Waals surface area contributed by atoms with Crippen LogP contribution >= 0.6 is 0 Å². The number of likely N-dealkylation sites (N-methyl/N-ethyl adjacent to an activating group) is 1. The minimum absolute atomic E-state index is 0.313. The molecule has 1 aromatic rings. The third-order valence-electron chi connectivity index (χ3n) is 4.28. The fourth-order valence-electron chi connectivity index (χ4n) is 3.00. The van der Waals surface area contributed by atoms with E-state index in [0.717, 1.165) is 5.82 Å². The van der Waals surface area contributed by atoms with Gasteiger partial charge in [-0.3, -0.25) is 14.5 Å². The van der Waals surface area contributed by atoms with E-state index >= 15 is 0 Å². The lowest BCUT2D eigenvalue weighted by molar-refractivity contribution is -0.158. The van der Waals surface area contributed by atoms with Gasteiger partial charge in [-0.2, -0.15) is 13.2 Å². The normalized spacial score (nSPS) is 22.2. The molecular formula is C13H17F3N6O2. The van der Waals surface area contributed by atoms with Gasteiger partial charge in [-0.15, -0.1) is 10.2 Å². The predicted molar refractivity (Wildman–Crippen MR) is 74.4 cm³/mol.